The van der Waals surface area contributed by atoms with Gasteiger partial charge in [0.2, 0.25) is 0 Å². The van der Waals surface area contributed by atoms with E-state index in [1.165, 1.54) is 12.8 Å². The quantitative estimate of drug-likeness (QED) is 0.593. The van der Waals surface area contributed by atoms with E-state index in [2.05, 4.69) is 13.8 Å². The van der Waals surface area contributed by atoms with Crippen molar-refractivity contribution in [3.05, 3.63) is 0 Å². The Morgan fingerprint density at radius 1 is 1.31 bits per heavy atom. The molecule has 0 spiro atoms. The van der Waals surface area contributed by atoms with Crippen molar-refractivity contribution < 1.29 is 4.74 Å². The third-order valence-electron chi connectivity index (χ3n) is 2.41. The van der Waals surface area contributed by atoms with Crippen LogP contribution in [0.5, 0.6) is 0 Å². The van der Waals surface area contributed by atoms with Crippen molar-refractivity contribution in [3.63, 3.8) is 0 Å². The smallest absolute Gasteiger partial charge is 0.0462 e. The molecule has 0 rings (SSSR count). The molecular formula is C11H25NO. The van der Waals surface area contributed by atoms with Crippen molar-refractivity contribution in [1.29, 1.82) is 0 Å². The summed E-state index contributed by atoms with van der Waals surface area (Å²) in [5.74, 6) is 0.780. The average molecular weight is 187 g/mol. The second-order valence-corrected chi connectivity index (χ2v) is 4.02. The van der Waals surface area contributed by atoms with Gasteiger partial charge in [0, 0.05) is 19.8 Å². The summed E-state index contributed by atoms with van der Waals surface area (Å²) in [6, 6.07) is 0.372. The average Bonchev–Trinajstić information content (AvgIpc) is 2.05. The highest BCUT2D eigenvalue weighted by Gasteiger charge is 2.07. The van der Waals surface area contributed by atoms with E-state index in [0.717, 1.165) is 31.8 Å². The Morgan fingerprint density at radius 2 is 2.00 bits per heavy atom. The summed E-state index contributed by atoms with van der Waals surface area (Å²) in [5.41, 5.74) is 5.99. The van der Waals surface area contributed by atoms with E-state index < -0.39 is 0 Å². The van der Waals surface area contributed by atoms with Crippen LogP contribution in [0.25, 0.3) is 0 Å². The van der Waals surface area contributed by atoms with Crippen LogP contribution in [-0.2, 0) is 4.74 Å². The van der Waals surface area contributed by atoms with E-state index in [9.17, 15) is 0 Å². The minimum Gasteiger partial charge on any atom is -0.385 e. The fourth-order valence-corrected chi connectivity index (χ4v) is 1.74. The number of methoxy groups -OCH3 is 1. The highest BCUT2D eigenvalue weighted by atomic mass is 16.5. The molecule has 2 N–H and O–H groups in total. The summed E-state index contributed by atoms with van der Waals surface area (Å²) in [6.07, 6.45) is 5.93. The van der Waals surface area contributed by atoms with Crippen molar-refractivity contribution in [3.8, 4) is 0 Å². The molecule has 0 radical (unpaired) electrons. The molecule has 0 aliphatic carbocycles. The fourth-order valence-electron chi connectivity index (χ4n) is 1.74. The summed E-state index contributed by atoms with van der Waals surface area (Å²) in [7, 11) is 1.74. The first-order chi connectivity index (χ1) is 6.20. The van der Waals surface area contributed by atoms with Crippen molar-refractivity contribution >= 4 is 0 Å². The highest BCUT2D eigenvalue weighted by molar-refractivity contribution is 4.65. The standard InChI is InChI=1S/C11H25NO/c1-4-6-10(2)9-11(12)7-5-8-13-3/h10-11H,4-9,12H2,1-3H3. The van der Waals surface area contributed by atoms with Crippen LogP contribution in [0.2, 0.25) is 0 Å². The number of rotatable bonds is 8. The monoisotopic (exact) mass is 187 g/mol. The van der Waals surface area contributed by atoms with Gasteiger partial charge in [-0.3, -0.25) is 0 Å². The van der Waals surface area contributed by atoms with Gasteiger partial charge in [0.05, 0.1) is 0 Å². The van der Waals surface area contributed by atoms with Gasteiger partial charge < -0.3 is 10.5 Å². The molecule has 2 unspecified atom stereocenters. The normalized spacial score (nSPS) is 15.7. The summed E-state index contributed by atoms with van der Waals surface area (Å²) in [6.45, 7) is 5.36. The van der Waals surface area contributed by atoms with Gasteiger partial charge in [-0.1, -0.05) is 26.7 Å². The van der Waals surface area contributed by atoms with Gasteiger partial charge in [0.1, 0.15) is 0 Å². The van der Waals surface area contributed by atoms with E-state index in [0.29, 0.717) is 6.04 Å². The molecule has 0 amide bonds. The molecule has 2 heteroatoms. The molecule has 0 heterocycles. The molecule has 2 nitrogen and oxygen atoms in total. The Labute approximate surface area is 82.8 Å². The molecule has 2 atom stereocenters. The second kappa shape index (κ2) is 8.52. The van der Waals surface area contributed by atoms with E-state index >= 15 is 0 Å². The lowest BCUT2D eigenvalue weighted by Gasteiger charge is -2.16. The molecule has 0 aliphatic rings. The summed E-state index contributed by atoms with van der Waals surface area (Å²) < 4.78 is 4.99. The van der Waals surface area contributed by atoms with Crippen LogP contribution in [0, 0.1) is 5.92 Å². The van der Waals surface area contributed by atoms with E-state index in [1.54, 1.807) is 7.11 Å². The third-order valence-corrected chi connectivity index (χ3v) is 2.41. The zero-order valence-electron chi connectivity index (χ0n) is 9.38. The van der Waals surface area contributed by atoms with Crippen LogP contribution in [0.4, 0.5) is 0 Å². The number of ether oxygens (including phenoxy) is 1. The van der Waals surface area contributed by atoms with Crippen LogP contribution >= 0.6 is 0 Å². The Balaban J connectivity index is 3.32. The minimum atomic E-state index is 0.372. The lowest BCUT2D eigenvalue weighted by atomic mass is 9.95. The van der Waals surface area contributed by atoms with Gasteiger partial charge in [-0.15, -0.1) is 0 Å². The first-order valence-electron chi connectivity index (χ1n) is 5.45. The lowest BCUT2D eigenvalue weighted by molar-refractivity contribution is 0.189. The van der Waals surface area contributed by atoms with Crippen LogP contribution in [-0.4, -0.2) is 19.8 Å². The number of hydrogen-bond donors (Lipinski definition) is 1. The number of hydrogen-bond acceptors (Lipinski definition) is 2. The molecule has 0 fully saturated rings. The zero-order valence-corrected chi connectivity index (χ0v) is 9.38. The zero-order chi connectivity index (χ0) is 10.1. The maximum atomic E-state index is 5.99. The molecule has 0 aromatic heterocycles. The first kappa shape index (κ1) is 12.9. The first-order valence-corrected chi connectivity index (χ1v) is 5.45. The minimum absolute atomic E-state index is 0.372. The molecule has 13 heavy (non-hydrogen) atoms. The van der Waals surface area contributed by atoms with Crippen LogP contribution in [0.3, 0.4) is 0 Å². The van der Waals surface area contributed by atoms with E-state index in [1.807, 2.05) is 0 Å². The largest absolute Gasteiger partial charge is 0.385 e. The molecule has 0 bridgehead atoms. The topological polar surface area (TPSA) is 35.2 Å². The highest BCUT2D eigenvalue weighted by Crippen LogP contribution is 2.13. The summed E-state index contributed by atoms with van der Waals surface area (Å²) in [5, 5.41) is 0. The molecule has 0 aliphatic heterocycles. The van der Waals surface area contributed by atoms with Crippen LogP contribution in [0.1, 0.15) is 46.0 Å². The SMILES string of the molecule is CCCC(C)CC(N)CCCOC. The van der Waals surface area contributed by atoms with Gasteiger partial charge in [-0.25, -0.2) is 0 Å². The molecular weight excluding hydrogens is 162 g/mol. The van der Waals surface area contributed by atoms with Gasteiger partial charge in [-0.2, -0.15) is 0 Å². The van der Waals surface area contributed by atoms with Crippen molar-refractivity contribution in [2.24, 2.45) is 11.7 Å². The second-order valence-electron chi connectivity index (χ2n) is 4.02. The maximum absolute atomic E-state index is 5.99. The lowest BCUT2D eigenvalue weighted by Crippen LogP contribution is -2.23. The Hall–Kier alpha value is -0.0800. The van der Waals surface area contributed by atoms with Gasteiger partial charge in [0.15, 0.2) is 0 Å². The van der Waals surface area contributed by atoms with E-state index in [-0.39, 0.29) is 0 Å². The van der Waals surface area contributed by atoms with Gasteiger partial charge in [-0.05, 0) is 25.2 Å². The predicted octanol–water partition coefficient (Wildman–Crippen LogP) is 2.57. The predicted molar refractivity (Wildman–Crippen MR) is 57.8 cm³/mol. The van der Waals surface area contributed by atoms with Gasteiger partial charge >= 0.3 is 0 Å². The van der Waals surface area contributed by atoms with Crippen molar-refractivity contribution in [2.45, 2.75) is 52.0 Å². The van der Waals surface area contributed by atoms with Crippen LogP contribution in [0.15, 0.2) is 0 Å². The molecule has 0 saturated heterocycles. The Kier molecular flexibility index (Phi) is 8.46. The molecule has 80 valence electrons. The number of nitrogens with two attached hydrogens (primary N) is 1. The molecule has 0 aromatic rings. The van der Waals surface area contributed by atoms with Crippen molar-refractivity contribution in [2.75, 3.05) is 13.7 Å². The van der Waals surface area contributed by atoms with Gasteiger partial charge in [0.25, 0.3) is 0 Å². The maximum Gasteiger partial charge on any atom is 0.0462 e. The Morgan fingerprint density at radius 3 is 2.54 bits per heavy atom. The fraction of sp³-hybridized carbons (Fsp3) is 1.00. The van der Waals surface area contributed by atoms with Crippen molar-refractivity contribution in [1.82, 2.24) is 0 Å². The Bertz CT molecular complexity index is 106. The third kappa shape index (κ3) is 8.26. The summed E-state index contributed by atoms with van der Waals surface area (Å²) in [4.78, 5) is 0. The summed E-state index contributed by atoms with van der Waals surface area (Å²) >= 11 is 0. The van der Waals surface area contributed by atoms with E-state index in [4.69, 9.17) is 10.5 Å². The molecule has 0 saturated carbocycles. The van der Waals surface area contributed by atoms with Crippen LogP contribution < -0.4 is 5.73 Å². The molecule has 0 aromatic carbocycles.